The molecule has 4 rings (SSSR count). The minimum Gasteiger partial charge on any atom is -0.348 e. The highest BCUT2D eigenvalue weighted by Crippen LogP contribution is 2.33. The van der Waals surface area contributed by atoms with E-state index in [1.54, 1.807) is 17.2 Å². The van der Waals surface area contributed by atoms with Gasteiger partial charge in [-0.15, -0.1) is 0 Å². The lowest BCUT2D eigenvalue weighted by Gasteiger charge is -2.21. The fraction of sp³-hybridized carbons (Fsp3) is 0.368. The zero-order chi connectivity index (χ0) is 17.8. The van der Waals surface area contributed by atoms with E-state index in [0.29, 0.717) is 18.0 Å². The van der Waals surface area contributed by atoms with E-state index in [1.807, 2.05) is 24.3 Å². The number of para-hydroxylation sites is 1. The molecule has 0 atom stereocenters. The zero-order valence-electron chi connectivity index (χ0n) is 14.6. The van der Waals surface area contributed by atoms with Gasteiger partial charge in [0.2, 0.25) is 0 Å². The molecule has 7 nitrogen and oxygen atoms in total. The molecule has 7 heteroatoms. The fourth-order valence-corrected chi connectivity index (χ4v) is 3.67. The van der Waals surface area contributed by atoms with Crippen LogP contribution in [0.5, 0.6) is 0 Å². The van der Waals surface area contributed by atoms with Crippen molar-refractivity contribution < 1.29 is 4.79 Å². The Morgan fingerprint density at radius 1 is 1.23 bits per heavy atom. The first-order chi connectivity index (χ1) is 12.8. The predicted octanol–water partition coefficient (Wildman–Crippen LogP) is 2.97. The second kappa shape index (κ2) is 7.51. The summed E-state index contributed by atoms with van der Waals surface area (Å²) in [7, 11) is 0. The molecule has 0 spiro atoms. The van der Waals surface area contributed by atoms with Crippen LogP contribution in [0.4, 0.5) is 0 Å². The molecule has 2 aromatic heterocycles. The molecule has 3 aromatic rings. The number of amides is 1. The smallest absolute Gasteiger partial charge is 0.255 e. The van der Waals surface area contributed by atoms with Crippen LogP contribution < -0.4 is 5.32 Å². The van der Waals surface area contributed by atoms with Crippen LogP contribution in [-0.4, -0.2) is 30.9 Å². The Kier molecular flexibility index (Phi) is 4.77. The number of nitrogens with zero attached hydrogens (tertiary/aromatic N) is 4. The number of hydrogen-bond donors (Lipinski definition) is 2. The molecule has 0 saturated heterocycles. The van der Waals surface area contributed by atoms with Gasteiger partial charge >= 0.3 is 0 Å². The maximum Gasteiger partial charge on any atom is 0.255 e. The van der Waals surface area contributed by atoms with Crippen LogP contribution in [0.15, 0.2) is 43.1 Å². The molecule has 1 amide bonds. The summed E-state index contributed by atoms with van der Waals surface area (Å²) in [5.74, 6) is 0.321. The van der Waals surface area contributed by atoms with E-state index in [9.17, 15) is 4.79 Å². The highest BCUT2D eigenvalue weighted by Gasteiger charge is 2.23. The summed E-state index contributed by atoms with van der Waals surface area (Å²) in [4.78, 5) is 16.7. The summed E-state index contributed by atoms with van der Waals surface area (Å²) in [6, 6.07) is 7.84. The van der Waals surface area contributed by atoms with Gasteiger partial charge in [0.25, 0.3) is 5.91 Å². The highest BCUT2D eigenvalue weighted by atomic mass is 16.1. The molecule has 134 valence electrons. The molecular formula is C19H22N6O. The summed E-state index contributed by atoms with van der Waals surface area (Å²) >= 11 is 0. The van der Waals surface area contributed by atoms with Gasteiger partial charge in [0.15, 0.2) is 0 Å². The Labute approximate surface area is 151 Å². The van der Waals surface area contributed by atoms with Crippen molar-refractivity contribution in [3.05, 3.63) is 59.9 Å². The first kappa shape index (κ1) is 16.5. The molecule has 0 aliphatic heterocycles. The summed E-state index contributed by atoms with van der Waals surface area (Å²) in [6.07, 6.45) is 10.8. The average molecular weight is 350 g/mol. The number of rotatable bonds is 5. The van der Waals surface area contributed by atoms with Crippen LogP contribution in [0, 0.1) is 0 Å². The van der Waals surface area contributed by atoms with E-state index in [4.69, 9.17) is 0 Å². The Bertz CT molecular complexity index is 864. The summed E-state index contributed by atoms with van der Waals surface area (Å²) < 4.78 is 1.70. The van der Waals surface area contributed by atoms with Crippen LogP contribution >= 0.6 is 0 Å². The Hall–Kier alpha value is -2.96. The molecule has 1 aliphatic rings. The highest BCUT2D eigenvalue weighted by molar-refractivity contribution is 5.95. The van der Waals surface area contributed by atoms with Gasteiger partial charge in [-0.3, -0.25) is 9.89 Å². The largest absolute Gasteiger partial charge is 0.348 e. The average Bonchev–Trinajstić information content (AvgIpc) is 3.39. The van der Waals surface area contributed by atoms with Crippen molar-refractivity contribution in [3.63, 3.8) is 0 Å². The van der Waals surface area contributed by atoms with Gasteiger partial charge in [-0.2, -0.15) is 10.2 Å². The molecule has 1 saturated carbocycles. The lowest BCUT2D eigenvalue weighted by Crippen LogP contribution is -2.25. The monoisotopic (exact) mass is 350 g/mol. The molecule has 2 heterocycles. The van der Waals surface area contributed by atoms with Crippen molar-refractivity contribution in [2.45, 2.75) is 44.6 Å². The van der Waals surface area contributed by atoms with E-state index in [-0.39, 0.29) is 5.91 Å². The SMILES string of the molecule is O=C(NCc1ccccc1-n1cncn1)c1cn[nH]c1C1CCCCC1. The van der Waals surface area contributed by atoms with Gasteiger partial charge in [-0.05, 0) is 24.5 Å². The van der Waals surface area contributed by atoms with Crippen LogP contribution in [0.3, 0.4) is 0 Å². The maximum atomic E-state index is 12.7. The number of carbonyl (C=O) groups is 1. The second-order valence-electron chi connectivity index (χ2n) is 6.68. The van der Waals surface area contributed by atoms with Gasteiger partial charge in [-0.25, -0.2) is 9.67 Å². The number of H-pyrrole nitrogens is 1. The van der Waals surface area contributed by atoms with Crippen molar-refractivity contribution in [2.75, 3.05) is 0 Å². The second-order valence-corrected chi connectivity index (χ2v) is 6.68. The third kappa shape index (κ3) is 3.37. The van der Waals surface area contributed by atoms with E-state index in [0.717, 1.165) is 29.8 Å². The minimum atomic E-state index is -0.0901. The molecule has 0 radical (unpaired) electrons. The number of aromatic nitrogens is 5. The van der Waals surface area contributed by atoms with E-state index in [2.05, 4.69) is 25.6 Å². The number of nitrogens with one attached hydrogen (secondary N) is 2. The summed E-state index contributed by atoms with van der Waals surface area (Å²) in [5.41, 5.74) is 3.53. The first-order valence-corrected chi connectivity index (χ1v) is 9.07. The van der Waals surface area contributed by atoms with Crippen LogP contribution in [-0.2, 0) is 6.54 Å². The third-order valence-corrected chi connectivity index (χ3v) is 5.02. The number of benzene rings is 1. The van der Waals surface area contributed by atoms with E-state index in [1.165, 1.54) is 25.6 Å². The molecule has 1 fully saturated rings. The van der Waals surface area contributed by atoms with Gasteiger partial charge in [-0.1, -0.05) is 37.5 Å². The van der Waals surface area contributed by atoms with Crippen molar-refractivity contribution in [2.24, 2.45) is 0 Å². The van der Waals surface area contributed by atoms with Gasteiger partial charge in [0.05, 0.1) is 23.1 Å². The number of carbonyl (C=O) groups excluding carboxylic acids is 1. The van der Waals surface area contributed by atoms with Crippen molar-refractivity contribution >= 4 is 5.91 Å². The quantitative estimate of drug-likeness (QED) is 0.740. The van der Waals surface area contributed by atoms with E-state index >= 15 is 0 Å². The molecule has 26 heavy (non-hydrogen) atoms. The molecule has 0 unspecified atom stereocenters. The van der Waals surface area contributed by atoms with Crippen molar-refractivity contribution in [1.82, 2.24) is 30.3 Å². The Morgan fingerprint density at radius 2 is 2.08 bits per heavy atom. The molecule has 1 aromatic carbocycles. The van der Waals surface area contributed by atoms with Crippen LogP contribution in [0.25, 0.3) is 5.69 Å². The predicted molar refractivity (Wildman–Crippen MR) is 96.9 cm³/mol. The molecular weight excluding hydrogens is 328 g/mol. The van der Waals surface area contributed by atoms with Gasteiger partial charge < -0.3 is 5.32 Å². The topological polar surface area (TPSA) is 88.5 Å². The number of hydrogen-bond acceptors (Lipinski definition) is 4. The Balaban J connectivity index is 1.48. The first-order valence-electron chi connectivity index (χ1n) is 9.07. The normalized spacial score (nSPS) is 15.1. The molecule has 1 aliphatic carbocycles. The van der Waals surface area contributed by atoms with E-state index < -0.39 is 0 Å². The molecule has 2 N–H and O–H groups in total. The van der Waals surface area contributed by atoms with Crippen molar-refractivity contribution in [3.8, 4) is 5.69 Å². The zero-order valence-corrected chi connectivity index (χ0v) is 14.6. The maximum absolute atomic E-state index is 12.7. The van der Waals surface area contributed by atoms with Gasteiger partial charge in [0, 0.05) is 12.5 Å². The summed E-state index contributed by atoms with van der Waals surface area (Å²) in [6.45, 7) is 0.421. The third-order valence-electron chi connectivity index (χ3n) is 5.02. The van der Waals surface area contributed by atoms with Crippen LogP contribution in [0.1, 0.15) is 59.6 Å². The lowest BCUT2D eigenvalue weighted by molar-refractivity contribution is 0.0949. The fourth-order valence-electron chi connectivity index (χ4n) is 3.67. The van der Waals surface area contributed by atoms with Crippen LogP contribution in [0.2, 0.25) is 0 Å². The lowest BCUT2D eigenvalue weighted by atomic mass is 9.85. The van der Waals surface area contributed by atoms with Gasteiger partial charge in [0.1, 0.15) is 12.7 Å². The number of aromatic amines is 1. The minimum absolute atomic E-state index is 0.0901. The standard InChI is InChI=1S/C19H22N6O/c26-19(16-11-22-24-18(16)14-6-2-1-3-7-14)21-10-15-8-4-5-9-17(15)25-13-20-12-23-25/h4-5,8-9,11-14H,1-3,6-7,10H2,(H,21,26)(H,22,24). The molecule has 0 bridgehead atoms. The van der Waals surface area contributed by atoms with Crippen molar-refractivity contribution in [1.29, 1.82) is 0 Å². The Morgan fingerprint density at radius 3 is 2.88 bits per heavy atom. The summed E-state index contributed by atoms with van der Waals surface area (Å²) in [5, 5.41) is 14.4.